The lowest BCUT2D eigenvalue weighted by Crippen LogP contribution is -2.27. The Morgan fingerprint density at radius 1 is 1.20 bits per heavy atom. The summed E-state index contributed by atoms with van der Waals surface area (Å²) >= 11 is 3.62. The highest BCUT2D eigenvalue weighted by Gasteiger charge is 2.17. The first-order chi connectivity index (χ1) is 7.18. The molecule has 1 unspecified atom stereocenters. The summed E-state index contributed by atoms with van der Waals surface area (Å²) in [6.07, 6.45) is 3.95. The lowest BCUT2D eigenvalue weighted by Gasteiger charge is -2.25. The molecule has 1 fully saturated rings. The third kappa shape index (κ3) is 2.43. The summed E-state index contributed by atoms with van der Waals surface area (Å²) in [4.78, 5) is 0. The van der Waals surface area contributed by atoms with Gasteiger partial charge in [0.15, 0.2) is 0 Å². The molecule has 1 nitrogen and oxygen atoms in total. The first-order valence-corrected chi connectivity index (χ1v) is 6.48. The monoisotopic (exact) mass is 267 g/mol. The molecule has 0 aliphatic carbocycles. The SMILES string of the molecule is Cc1cc(C)c(C2CCCCN2)cc1Br. The van der Waals surface area contributed by atoms with Crippen molar-refractivity contribution in [3.8, 4) is 0 Å². The Morgan fingerprint density at radius 3 is 2.67 bits per heavy atom. The highest BCUT2D eigenvalue weighted by atomic mass is 79.9. The molecular weight excluding hydrogens is 250 g/mol. The van der Waals surface area contributed by atoms with Crippen LogP contribution in [-0.2, 0) is 0 Å². The average molecular weight is 268 g/mol. The van der Waals surface area contributed by atoms with Crippen LogP contribution >= 0.6 is 15.9 Å². The van der Waals surface area contributed by atoms with E-state index in [9.17, 15) is 0 Å². The molecule has 1 atom stereocenters. The second kappa shape index (κ2) is 4.67. The molecule has 82 valence electrons. The summed E-state index contributed by atoms with van der Waals surface area (Å²) in [5.74, 6) is 0. The van der Waals surface area contributed by atoms with Crippen molar-refractivity contribution in [3.05, 3.63) is 33.3 Å². The van der Waals surface area contributed by atoms with Gasteiger partial charge in [-0.1, -0.05) is 28.4 Å². The van der Waals surface area contributed by atoms with Gasteiger partial charge in [-0.05, 0) is 56.0 Å². The first kappa shape index (κ1) is 11.2. The molecule has 0 radical (unpaired) electrons. The molecule has 1 heterocycles. The van der Waals surface area contributed by atoms with Gasteiger partial charge >= 0.3 is 0 Å². The molecule has 1 aliphatic rings. The Hall–Kier alpha value is -0.340. The maximum Gasteiger partial charge on any atom is 0.0323 e. The Bertz CT molecular complexity index is 354. The molecule has 1 saturated heterocycles. The van der Waals surface area contributed by atoms with E-state index in [4.69, 9.17) is 0 Å². The molecule has 1 aromatic rings. The minimum Gasteiger partial charge on any atom is -0.310 e. The van der Waals surface area contributed by atoms with Crippen LogP contribution in [-0.4, -0.2) is 6.54 Å². The number of rotatable bonds is 1. The molecule has 0 aromatic heterocycles. The van der Waals surface area contributed by atoms with Gasteiger partial charge in [-0.25, -0.2) is 0 Å². The van der Waals surface area contributed by atoms with Gasteiger partial charge in [-0.15, -0.1) is 0 Å². The van der Waals surface area contributed by atoms with E-state index < -0.39 is 0 Å². The summed E-state index contributed by atoms with van der Waals surface area (Å²) in [6, 6.07) is 5.12. The number of piperidine rings is 1. The van der Waals surface area contributed by atoms with Gasteiger partial charge in [-0.3, -0.25) is 0 Å². The minimum absolute atomic E-state index is 0.565. The van der Waals surface area contributed by atoms with E-state index in [0.717, 1.165) is 6.54 Å². The van der Waals surface area contributed by atoms with E-state index in [1.807, 2.05) is 0 Å². The van der Waals surface area contributed by atoms with Crippen molar-refractivity contribution >= 4 is 15.9 Å². The molecule has 1 N–H and O–H groups in total. The Kier molecular flexibility index (Phi) is 3.47. The van der Waals surface area contributed by atoms with Gasteiger partial charge in [-0.2, -0.15) is 0 Å². The number of nitrogens with one attached hydrogen (secondary N) is 1. The molecule has 0 saturated carbocycles. The second-order valence-electron chi connectivity index (χ2n) is 4.46. The van der Waals surface area contributed by atoms with Crippen molar-refractivity contribution in [1.29, 1.82) is 0 Å². The van der Waals surface area contributed by atoms with Gasteiger partial charge in [0, 0.05) is 10.5 Å². The number of hydrogen-bond acceptors (Lipinski definition) is 1. The number of hydrogen-bond donors (Lipinski definition) is 1. The quantitative estimate of drug-likeness (QED) is 0.815. The van der Waals surface area contributed by atoms with Crippen LogP contribution in [0.2, 0.25) is 0 Å². The van der Waals surface area contributed by atoms with Gasteiger partial charge in [0.25, 0.3) is 0 Å². The summed E-state index contributed by atoms with van der Waals surface area (Å²) < 4.78 is 1.23. The zero-order chi connectivity index (χ0) is 10.8. The van der Waals surface area contributed by atoms with Crippen molar-refractivity contribution < 1.29 is 0 Å². The van der Waals surface area contributed by atoms with E-state index in [-0.39, 0.29) is 0 Å². The van der Waals surface area contributed by atoms with Gasteiger partial charge in [0.1, 0.15) is 0 Å². The molecule has 1 aliphatic heterocycles. The van der Waals surface area contributed by atoms with Gasteiger partial charge < -0.3 is 5.32 Å². The highest BCUT2D eigenvalue weighted by molar-refractivity contribution is 9.10. The van der Waals surface area contributed by atoms with Crippen LogP contribution in [0.5, 0.6) is 0 Å². The molecule has 0 spiro atoms. The fourth-order valence-electron chi connectivity index (χ4n) is 2.33. The van der Waals surface area contributed by atoms with E-state index in [0.29, 0.717) is 6.04 Å². The van der Waals surface area contributed by atoms with Crippen LogP contribution in [0.15, 0.2) is 16.6 Å². The predicted octanol–water partition coefficient (Wildman–Crippen LogP) is 3.88. The fraction of sp³-hybridized carbons (Fsp3) is 0.538. The van der Waals surface area contributed by atoms with Crippen LogP contribution in [0, 0.1) is 13.8 Å². The molecular formula is C13H18BrN. The van der Waals surface area contributed by atoms with Crippen LogP contribution in [0.1, 0.15) is 42.0 Å². The van der Waals surface area contributed by atoms with Crippen molar-refractivity contribution in [2.75, 3.05) is 6.54 Å². The lowest BCUT2D eigenvalue weighted by atomic mass is 9.93. The molecule has 2 rings (SSSR count). The van der Waals surface area contributed by atoms with E-state index in [2.05, 4.69) is 47.2 Å². The summed E-state index contributed by atoms with van der Waals surface area (Å²) in [5.41, 5.74) is 4.20. The Balaban J connectivity index is 2.30. The number of halogens is 1. The van der Waals surface area contributed by atoms with Crippen molar-refractivity contribution in [1.82, 2.24) is 5.32 Å². The smallest absolute Gasteiger partial charge is 0.0323 e. The molecule has 0 bridgehead atoms. The third-order valence-electron chi connectivity index (χ3n) is 3.23. The maximum atomic E-state index is 3.62. The van der Waals surface area contributed by atoms with E-state index in [1.165, 1.54) is 40.4 Å². The lowest BCUT2D eigenvalue weighted by molar-refractivity contribution is 0.411. The standard InChI is InChI=1S/C13H18BrN/c1-9-7-10(2)12(14)8-11(9)13-5-3-4-6-15-13/h7-8,13,15H,3-6H2,1-2H3. The minimum atomic E-state index is 0.565. The zero-order valence-electron chi connectivity index (χ0n) is 9.44. The molecule has 1 aromatic carbocycles. The first-order valence-electron chi connectivity index (χ1n) is 5.68. The van der Waals surface area contributed by atoms with Gasteiger partial charge in [0.05, 0.1) is 0 Å². The predicted molar refractivity (Wildman–Crippen MR) is 68.2 cm³/mol. The normalized spacial score (nSPS) is 21.7. The fourth-order valence-corrected chi connectivity index (χ4v) is 2.70. The molecule has 0 amide bonds. The third-order valence-corrected chi connectivity index (χ3v) is 4.09. The van der Waals surface area contributed by atoms with Crippen molar-refractivity contribution in [2.45, 2.75) is 39.2 Å². The van der Waals surface area contributed by atoms with Crippen LogP contribution in [0.3, 0.4) is 0 Å². The summed E-state index contributed by atoms with van der Waals surface area (Å²) in [6.45, 7) is 5.52. The van der Waals surface area contributed by atoms with Gasteiger partial charge in [0.2, 0.25) is 0 Å². The highest BCUT2D eigenvalue weighted by Crippen LogP contribution is 2.29. The van der Waals surface area contributed by atoms with Crippen molar-refractivity contribution in [3.63, 3.8) is 0 Å². The maximum absolute atomic E-state index is 3.62. The second-order valence-corrected chi connectivity index (χ2v) is 5.31. The van der Waals surface area contributed by atoms with Crippen LogP contribution in [0.4, 0.5) is 0 Å². The Morgan fingerprint density at radius 2 is 2.00 bits per heavy atom. The van der Waals surface area contributed by atoms with E-state index >= 15 is 0 Å². The number of benzene rings is 1. The summed E-state index contributed by atoms with van der Waals surface area (Å²) in [7, 11) is 0. The van der Waals surface area contributed by atoms with E-state index in [1.54, 1.807) is 0 Å². The van der Waals surface area contributed by atoms with Crippen LogP contribution < -0.4 is 5.32 Å². The average Bonchev–Trinajstić information content (AvgIpc) is 2.25. The Labute approximate surface area is 100 Å². The van der Waals surface area contributed by atoms with Crippen molar-refractivity contribution in [2.24, 2.45) is 0 Å². The largest absolute Gasteiger partial charge is 0.310 e. The molecule has 15 heavy (non-hydrogen) atoms. The topological polar surface area (TPSA) is 12.0 Å². The number of aryl methyl sites for hydroxylation is 2. The van der Waals surface area contributed by atoms with Crippen LogP contribution in [0.25, 0.3) is 0 Å². The summed E-state index contributed by atoms with van der Waals surface area (Å²) in [5, 5.41) is 3.60. The zero-order valence-corrected chi connectivity index (χ0v) is 11.0. The molecule has 2 heteroatoms.